The average molecular weight is 263 g/mol. The number of carbonyl (C=O) groups is 2. The maximum absolute atomic E-state index is 11.9. The van der Waals surface area contributed by atoms with Crippen LogP contribution in [-0.2, 0) is 9.59 Å². The predicted molar refractivity (Wildman–Crippen MR) is 73.9 cm³/mol. The molecular formula is C15H21NO3. The van der Waals surface area contributed by atoms with E-state index in [0.29, 0.717) is 6.42 Å². The van der Waals surface area contributed by atoms with Crippen molar-refractivity contribution in [1.82, 2.24) is 5.32 Å². The summed E-state index contributed by atoms with van der Waals surface area (Å²) in [4.78, 5) is 23.1. The monoisotopic (exact) mass is 263 g/mol. The number of hydrogen-bond acceptors (Lipinski definition) is 2. The first-order valence-electron chi connectivity index (χ1n) is 6.48. The summed E-state index contributed by atoms with van der Waals surface area (Å²) in [5.41, 5.74) is -0.112. The molecule has 0 saturated heterocycles. The van der Waals surface area contributed by atoms with Gasteiger partial charge in [0.2, 0.25) is 5.91 Å². The lowest BCUT2D eigenvalue weighted by molar-refractivity contribution is -0.147. The second-order valence-electron chi connectivity index (χ2n) is 5.05. The van der Waals surface area contributed by atoms with E-state index in [-0.39, 0.29) is 18.2 Å². The molecule has 0 radical (unpaired) electrons. The first-order valence-corrected chi connectivity index (χ1v) is 6.48. The largest absolute Gasteiger partial charge is 0.480 e. The van der Waals surface area contributed by atoms with Gasteiger partial charge in [-0.05, 0) is 24.8 Å². The van der Waals surface area contributed by atoms with E-state index in [4.69, 9.17) is 5.11 Å². The van der Waals surface area contributed by atoms with Crippen LogP contribution in [0.15, 0.2) is 30.3 Å². The van der Waals surface area contributed by atoms with E-state index in [2.05, 4.69) is 5.32 Å². The number of carboxylic acids is 1. The van der Waals surface area contributed by atoms with Crippen molar-refractivity contribution in [1.29, 1.82) is 0 Å². The van der Waals surface area contributed by atoms with Gasteiger partial charge in [-0.3, -0.25) is 4.79 Å². The molecule has 0 saturated carbocycles. The normalized spacial score (nSPS) is 15.3. The fourth-order valence-corrected chi connectivity index (χ4v) is 1.83. The number of aliphatic carboxylic acids is 1. The number of benzene rings is 1. The average Bonchev–Trinajstić information content (AvgIpc) is 2.39. The second kappa shape index (κ2) is 6.36. The molecule has 2 atom stereocenters. The number of nitrogens with one attached hydrogen (secondary N) is 1. The molecule has 4 nitrogen and oxygen atoms in total. The van der Waals surface area contributed by atoms with Gasteiger partial charge in [-0.25, -0.2) is 4.79 Å². The molecule has 104 valence electrons. The Balaban J connectivity index is 2.63. The Hall–Kier alpha value is -1.84. The molecule has 0 aliphatic heterocycles. The summed E-state index contributed by atoms with van der Waals surface area (Å²) in [5.74, 6) is -1.17. The Morgan fingerprint density at radius 1 is 1.32 bits per heavy atom. The lowest BCUT2D eigenvalue weighted by Gasteiger charge is -2.25. The van der Waals surface area contributed by atoms with Gasteiger partial charge in [0, 0.05) is 6.42 Å². The molecule has 0 spiro atoms. The Bertz CT molecular complexity index is 444. The zero-order valence-electron chi connectivity index (χ0n) is 11.6. The quantitative estimate of drug-likeness (QED) is 0.829. The van der Waals surface area contributed by atoms with E-state index >= 15 is 0 Å². The molecule has 1 amide bonds. The standard InChI is InChI=1S/C15H21NO3/c1-4-15(3,14(18)19)16-13(17)10-11(2)12-8-6-5-7-9-12/h5-9,11H,4,10H2,1-3H3,(H,16,17)(H,18,19). The van der Waals surface area contributed by atoms with Crippen molar-refractivity contribution in [2.75, 3.05) is 0 Å². The number of carbonyl (C=O) groups excluding carboxylic acids is 1. The van der Waals surface area contributed by atoms with Gasteiger partial charge in [-0.15, -0.1) is 0 Å². The van der Waals surface area contributed by atoms with Crippen LogP contribution >= 0.6 is 0 Å². The molecule has 0 bridgehead atoms. The second-order valence-corrected chi connectivity index (χ2v) is 5.05. The summed E-state index contributed by atoms with van der Waals surface area (Å²) in [6, 6.07) is 9.71. The van der Waals surface area contributed by atoms with Crippen LogP contribution < -0.4 is 5.32 Å². The highest BCUT2D eigenvalue weighted by atomic mass is 16.4. The molecule has 1 rings (SSSR count). The Morgan fingerprint density at radius 3 is 2.37 bits per heavy atom. The first kappa shape index (κ1) is 15.2. The van der Waals surface area contributed by atoms with Crippen LogP contribution in [-0.4, -0.2) is 22.5 Å². The summed E-state index contributed by atoms with van der Waals surface area (Å²) in [6.07, 6.45) is 0.640. The molecule has 0 heterocycles. The van der Waals surface area contributed by atoms with Crippen LogP contribution in [0.3, 0.4) is 0 Å². The van der Waals surface area contributed by atoms with Crippen molar-refractivity contribution in [3.63, 3.8) is 0 Å². The minimum Gasteiger partial charge on any atom is -0.480 e. The van der Waals surface area contributed by atoms with E-state index in [0.717, 1.165) is 5.56 Å². The molecule has 0 aliphatic carbocycles. The van der Waals surface area contributed by atoms with Gasteiger partial charge < -0.3 is 10.4 Å². The zero-order chi connectivity index (χ0) is 14.5. The van der Waals surface area contributed by atoms with E-state index < -0.39 is 11.5 Å². The molecule has 0 aliphatic rings. The van der Waals surface area contributed by atoms with Crippen LogP contribution in [0.1, 0.15) is 45.1 Å². The zero-order valence-corrected chi connectivity index (χ0v) is 11.6. The molecular weight excluding hydrogens is 242 g/mol. The molecule has 19 heavy (non-hydrogen) atoms. The smallest absolute Gasteiger partial charge is 0.329 e. The lowest BCUT2D eigenvalue weighted by Crippen LogP contribution is -2.51. The third kappa shape index (κ3) is 4.09. The molecule has 1 aromatic carbocycles. The predicted octanol–water partition coefficient (Wildman–Crippen LogP) is 2.55. The van der Waals surface area contributed by atoms with Crippen LogP contribution in [0.2, 0.25) is 0 Å². The Kier molecular flexibility index (Phi) is 5.10. The van der Waals surface area contributed by atoms with Gasteiger partial charge in [-0.1, -0.05) is 44.2 Å². The minimum atomic E-state index is -1.19. The molecule has 2 N–H and O–H groups in total. The van der Waals surface area contributed by atoms with E-state index in [1.54, 1.807) is 6.92 Å². The molecule has 2 unspecified atom stereocenters. The maximum Gasteiger partial charge on any atom is 0.329 e. The third-order valence-corrected chi connectivity index (χ3v) is 3.45. The van der Waals surface area contributed by atoms with Crippen molar-refractivity contribution in [2.45, 2.75) is 45.1 Å². The van der Waals surface area contributed by atoms with E-state index in [1.807, 2.05) is 37.3 Å². The summed E-state index contributed by atoms with van der Waals surface area (Å²) in [6.45, 7) is 5.23. The molecule has 4 heteroatoms. The number of amides is 1. The van der Waals surface area contributed by atoms with Crippen molar-refractivity contribution < 1.29 is 14.7 Å². The molecule has 1 aromatic rings. The highest BCUT2D eigenvalue weighted by molar-refractivity contribution is 5.86. The van der Waals surface area contributed by atoms with Gasteiger partial charge in [0.1, 0.15) is 5.54 Å². The van der Waals surface area contributed by atoms with Crippen LogP contribution in [0, 0.1) is 0 Å². The summed E-state index contributed by atoms with van der Waals surface area (Å²) < 4.78 is 0. The number of hydrogen-bond donors (Lipinski definition) is 2. The highest BCUT2D eigenvalue weighted by Gasteiger charge is 2.32. The van der Waals surface area contributed by atoms with Crippen molar-refractivity contribution >= 4 is 11.9 Å². The van der Waals surface area contributed by atoms with Gasteiger partial charge >= 0.3 is 5.97 Å². The van der Waals surface area contributed by atoms with Crippen molar-refractivity contribution in [2.24, 2.45) is 0 Å². The highest BCUT2D eigenvalue weighted by Crippen LogP contribution is 2.19. The molecule has 0 fully saturated rings. The summed E-state index contributed by atoms with van der Waals surface area (Å²) in [7, 11) is 0. The third-order valence-electron chi connectivity index (χ3n) is 3.45. The van der Waals surface area contributed by atoms with Gasteiger partial charge in [0.25, 0.3) is 0 Å². The van der Waals surface area contributed by atoms with E-state index in [9.17, 15) is 9.59 Å². The maximum atomic E-state index is 11.9. The topological polar surface area (TPSA) is 66.4 Å². The Labute approximate surface area is 113 Å². The Morgan fingerprint density at radius 2 is 1.89 bits per heavy atom. The minimum absolute atomic E-state index is 0.0658. The van der Waals surface area contributed by atoms with Gasteiger partial charge in [-0.2, -0.15) is 0 Å². The van der Waals surface area contributed by atoms with Crippen LogP contribution in [0.4, 0.5) is 0 Å². The number of rotatable bonds is 6. The first-order chi connectivity index (χ1) is 8.89. The van der Waals surface area contributed by atoms with Crippen molar-refractivity contribution in [3.05, 3.63) is 35.9 Å². The van der Waals surface area contributed by atoms with E-state index in [1.165, 1.54) is 6.92 Å². The lowest BCUT2D eigenvalue weighted by atomic mass is 9.95. The summed E-state index contributed by atoms with van der Waals surface area (Å²) >= 11 is 0. The summed E-state index contributed by atoms with van der Waals surface area (Å²) in [5, 5.41) is 11.7. The van der Waals surface area contributed by atoms with Crippen LogP contribution in [0.5, 0.6) is 0 Å². The molecule has 0 aromatic heterocycles. The van der Waals surface area contributed by atoms with Crippen molar-refractivity contribution in [3.8, 4) is 0 Å². The fourth-order valence-electron chi connectivity index (χ4n) is 1.83. The van der Waals surface area contributed by atoms with Crippen LogP contribution in [0.25, 0.3) is 0 Å². The number of carboxylic acid groups (broad SMARTS) is 1. The van der Waals surface area contributed by atoms with Gasteiger partial charge in [0.05, 0.1) is 0 Å². The fraction of sp³-hybridized carbons (Fsp3) is 0.467. The SMILES string of the molecule is CCC(C)(NC(=O)CC(C)c1ccccc1)C(=O)O. The van der Waals surface area contributed by atoms with Gasteiger partial charge in [0.15, 0.2) is 0 Å².